The van der Waals surface area contributed by atoms with E-state index < -0.39 is 0 Å². The minimum Gasteiger partial charge on any atom is -0.497 e. The quantitative estimate of drug-likeness (QED) is 0.543. The van der Waals surface area contributed by atoms with Crippen molar-refractivity contribution in [2.24, 2.45) is 0 Å². The number of amides is 2. The Morgan fingerprint density at radius 3 is 2.65 bits per heavy atom. The van der Waals surface area contributed by atoms with Crippen LogP contribution in [-0.2, 0) is 28.9 Å². The summed E-state index contributed by atoms with van der Waals surface area (Å²) in [5.41, 5.74) is 4.71. The summed E-state index contributed by atoms with van der Waals surface area (Å²) in [6, 6.07) is 11.6. The molecular formula is C26H29N3O4S. The first-order valence-corrected chi connectivity index (χ1v) is 12.5. The van der Waals surface area contributed by atoms with E-state index in [9.17, 15) is 9.59 Å². The zero-order chi connectivity index (χ0) is 23.7. The van der Waals surface area contributed by atoms with Crippen LogP contribution in [0, 0.1) is 0 Å². The Labute approximate surface area is 203 Å². The van der Waals surface area contributed by atoms with Crippen LogP contribution in [0.5, 0.6) is 5.75 Å². The average molecular weight is 480 g/mol. The van der Waals surface area contributed by atoms with Gasteiger partial charge in [0.2, 0.25) is 0 Å². The number of thiophene rings is 1. The molecular weight excluding hydrogens is 450 g/mol. The number of aryl methyl sites for hydroxylation is 1. The van der Waals surface area contributed by atoms with Gasteiger partial charge in [-0.2, -0.15) is 0 Å². The summed E-state index contributed by atoms with van der Waals surface area (Å²) >= 11 is 1.86. The van der Waals surface area contributed by atoms with Gasteiger partial charge in [-0.25, -0.2) is 4.79 Å². The van der Waals surface area contributed by atoms with Crippen molar-refractivity contribution in [3.8, 4) is 10.8 Å². The number of nitrogens with zero attached hydrogens (tertiary/aromatic N) is 2. The molecule has 1 N–H and O–H groups in total. The molecule has 0 spiro atoms. The van der Waals surface area contributed by atoms with Crippen LogP contribution in [0.1, 0.15) is 52.6 Å². The van der Waals surface area contributed by atoms with Crippen molar-refractivity contribution in [2.75, 3.05) is 20.8 Å². The highest BCUT2D eigenvalue weighted by Gasteiger charge is 2.36. The standard InChI is InChI=1S/C26H29N3O4S/c1-32-18-11-9-17(10-12-18)24-21-7-5-15-28(21)25-20(19-6-3-4-8-22(19)34-25)16-29(24)26(31)27-14-13-23(30)33-2/h5,7,9-12,15,24H,3-4,6,8,13-14,16H2,1-2H3,(H,27,31)/t24-/m0/s1. The van der Waals surface area contributed by atoms with Crippen molar-refractivity contribution in [3.63, 3.8) is 0 Å². The summed E-state index contributed by atoms with van der Waals surface area (Å²) in [5, 5.41) is 4.17. The molecule has 0 fully saturated rings. The number of methoxy groups -OCH3 is 2. The van der Waals surface area contributed by atoms with E-state index >= 15 is 0 Å². The van der Waals surface area contributed by atoms with Gasteiger partial charge in [0, 0.05) is 23.2 Å². The summed E-state index contributed by atoms with van der Waals surface area (Å²) in [5.74, 6) is 0.431. The molecule has 34 heavy (non-hydrogen) atoms. The number of esters is 1. The number of hydrogen-bond donors (Lipinski definition) is 1. The maximum absolute atomic E-state index is 13.6. The van der Waals surface area contributed by atoms with Crippen LogP contribution in [0.15, 0.2) is 42.6 Å². The van der Waals surface area contributed by atoms with E-state index in [1.165, 1.54) is 41.0 Å². The van der Waals surface area contributed by atoms with E-state index in [4.69, 9.17) is 9.47 Å². The highest BCUT2D eigenvalue weighted by Crippen LogP contribution is 2.44. The second kappa shape index (κ2) is 9.54. The number of hydrogen-bond acceptors (Lipinski definition) is 5. The predicted molar refractivity (Wildman–Crippen MR) is 131 cm³/mol. The van der Waals surface area contributed by atoms with E-state index in [-0.39, 0.29) is 31.0 Å². The smallest absolute Gasteiger partial charge is 0.318 e. The minimum atomic E-state index is -0.342. The van der Waals surface area contributed by atoms with Gasteiger partial charge in [-0.05, 0) is 61.1 Å². The van der Waals surface area contributed by atoms with E-state index in [1.54, 1.807) is 7.11 Å². The molecule has 8 heteroatoms. The summed E-state index contributed by atoms with van der Waals surface area (Å²) in [4.78, 5) is 28.5. The Balaban J connectivity index is 1.57. The Morgan fingerprint density at radius 2 is 1.88 bits per heavy atom. The lowest BCUT2D eigenvalue weighted by Gasteiger charge is -2.31. The second-order valence-electron chi connectivity index (χ2n) is 8.66. The number of carbonyl (C=O) groups is 2. The molecule has 1 aliphatic heterocycles. The maximum Gasteiger partial charge on any atom is 0.318 e. The molecule has 5 rings (SSSR count). The highest BCUT2D eigenvalue weighted by molar-refractivity contribution is 7.15. The Bertz CT molecular complexity index is 1200. The highest BCUT2D eigenvalue weighted by atomic mass is 32.1. The van der Waals surface area contributed by atoms with E-state index in [1.807, 2.05) is 46.6 Å². The van der Waals surface area contributed by atoms with Crippen LogP contribution in [-0.4, -0.2) is 42.2 Å². The van der Waals surface area contributed by atoms with Crippen molar-refractivity contribution in [2.45, 2.75) is 44.7 Å². The third-order valence-corrected chi connectivity index (χ3v) is 8.04. The van der Waals surface area contributed by atoms with Crippen LogP contribution in [0.25, 0.3) is 5.00 Å². The molecule has 0 saturated heterocycles. The summed E-state index contributed by atoms with van der Waals surface area (Å²) < 4.78 is 12.3. The molecule has 1 atom stereocenters. The Morgan fingerprint density at radius 1 is 1.09 bits per heavy atom. The molecule has 3 aromatic rings. The van der Waals surface area contributed by atoms with Crippen molar-refractivity contribution >= 4 is 23.3 Å². The maximum atomic E-state index is 13.6. The Kier molecular flexibility index (Phi) is 6.32. The second-order valence-corrected chi connectivity index (χ2v) is 9.74. The van der Waals surface area contributed by atoms with E-state index in [2.05, 4.69) is 22.1 Å². The fraction of sp³-hybridized carbons (Fsp3) is 0.385. The van der Waals surface area contributed by atoms with Crippen LogP contribution in [0.4, 0.5) is 4.79 Å². The topological polar surface area (TPSA) is 72.8 Å². The van der Waals surface area contributed by atoms with Gasteiger partial charge in [0.05, 0.1) is 38.9 Å². The molecule has 7 nitrogen and oxygen atoms in total. The van der Waals surface area contributed by atoms with Gasteiger partial charge < -0.3 is 24.3 Å². The number of carbonyl (C=O) groups excluding carboxylic acids is 2. The van der Waals surface area contributed by atoms with Crippen LogP contribution >= 0.6 is 11.3 Å². The first-order valence-electron chi connectivity index (χ1n) is 11.7. The van der Waals surface area contributed by atoms with Crippen molar-refractivity contribution in [3.05, 3.63) is 69.9 Å². The molecule has 2 aromatic heterocycles. The van der Waals surface area contributed by atoms with Gasteiger partial charge in [-0.3, -0.25) is 4.79 Å². The lowest BCUT2D eigenvalue weighted by molar-refractivity contribution is -0.140. The van der Waals surface area contributed by atoms with Crippen molar-refractivity contribution in [1.29, 1.82) is 0 Å². The summed E-state index contributed by atoms with van der Waals surface area (Å²) in [6.45, 7) is 0.747. The summed E-state index contributed by atoms with van der Waals surface area (Å²) in [7, 11) is 3.00. The third-order valence-electron chi connectivity index (χ3n) is 6.70. The van der Waals surface area contributed by atoms with Gasteiger partial charge in [0.15, 0.2) is 0 Å². The van der Waals surface area contributed by atoms with Gasteiger partial charge in [-0.1, -0.05) is 12.1 Å². The monoisotopic (exact) mass is 479 g/mol. The van der Waals surface area contributed by atoms with Crippen molar-refractivity contribution in [1.82, 2.24) is 14.8 Å². The number of benzene rings is 1. The first kappa shape index (κ1) is 22.5. The molecule has 0 saturated carbocycles. The minimum absolute atomic E-state index is 0.138. The largest absolute Gasteiger partial charge is 0.497 e. The molecule has 1 aliphatic carbocycles. The molecule has 0 unspecified atom stereocenters. The van der Waals surface area contributed by atoms with Crippen LogP contribution < -0.4 is 10.1 Å². The fourth-order valence-corrected chi connectivity index (χ4v) is 6.40. The number of ether oxygens (including phenoxy) is 2. The van der Waals surface area contributed by atoms with Crippen LogP contribution in [0.3, 0.4) is 0 Å². The van der Waals surface area contributed by atoms with Gasteiger partial charge in [0.1, 0.15) is 10.8 Å². The molecule has 3 heterocycles. The van der Waals surface area contributed by atoms with Crippen LogP contribution in [0.2, 0.25) is 0 Å². The molecule has 0 bridgehead atoms. The SMILES string of the molecule is COC(=O)CCNC(=O)N1Cc2c(sc3c2CCCC3)-n2cccc2[C@@H]1c1ccc(OC)cc1. The molecule has 0 radical (unpaired) electrons. The normalized spacial score (nSPS) is 16.6. The third kappa shape index (κ3) is 4.07. The van der Waals surface area contributed by atoms with Gasteiger partial charge >= 0.3 is 12.0 Å². The lowest BCUT2D eigenvalue weighted by Crippen LogP contribution is -2.42. The van der Waals surface area contributed by atoms with Gasteiger partial charge in [-0.15, -0.1) is 11.3 Å². The molecule has 1 aromatic carbocycles. The number of fused-ring (bicyclic) bond motifs is 5. The zero-order valence-corrected chi connectivity index (χ0v) is 20.3. The number of urea groups is 1. The number of rotatable bonds is 5. The van der Waals surface area contributed by atoms with Gasteiger partial charge in [0.25, 0.3) is 0 Å². The average Bonchev–Trinajstić information content (AvgIpc) is 3.46. The Hall–Kier alpha value is -3.26. The lowest BCUT2D eigenvalue weighted by atomic mass is 9.95. The first-order chi connectivity index (χ1) is 16.6. The van der Waals surface area contributed by atoms with E-state index in [0.29, 0.717) is 6.54 Å². The number of nitrogens with one attached hydrogen (secondary N) is 1. The summed E-state index contributed by atoms with van der Waals surface area (Å²) in [6.07, 6.45) is 6.81. The number of aromatic nitrogens is 1. The van der Waals surface area contributed by atoms with E-state index in [0.717, 1.165) is 29.8 Å². The van der Waals surface area contributed by atoms with Crippen molar-refractivity contribution < 1.29 is 19.1 Å². The molecule has 178 valence electrons. The molecule has 2 amide bonds. The zero-order valence-electron chi connectivity index (χ0n) is 19.5. The predicted octanol–water partition coefficient (Wildman–Crippen LogP) is 4.60. The fourth-order valence-electron chi connectivity index (χ4n) is 5.00. The molecule has 2 aliphatic rings.